The molecule has 0 saturated heterocycles. The second kappa shape index (κ2) is 6.13. The van der Waals surface area contributed by atoms with E-state index in [1.165, 1.54) is 43.2 Å². The van der Waals surface area contributed by atoms with Gasteiger partial charge in [0, 0.05) is 14.6 Å². The van der Waals surface area contributed by atoms with Crippen LogP contribution in [-0.4, -0.2) is 4.83 Å². The van der Waals surface area contributed by atoms with Crippen LogP contribution >= 0.6 is 39.3 Å². The van der Waals surface area contributed by atoms with Crippen LogP contribution in [0.25, 0.3) is 5.57 Å². The number of alkyl halides is 1. The molecule has 3 aromatic carbocycles. The Bertz CT molecular complexity index is 1210. The Labute approximate surface area is 182 Å². The summed E-state index contributed by atoms with van der Waals surface area (Å²) in [6.45, 7) is 0. The van der Waals surface area contributed by atoms with Gasteiger partial charge < -0.3 is 0 Å². The van der Waals surface area contributed by atoms with E-state index in [1.54, 1.807) is 11.8 Å². The summed E-state index contributed by atoms with van der Waals surface area (Å²) in [6.07, 6.45) is 5.57. The second-order valence-electron chi connectivity index (χ2n) is 7.48. The molecule has 2 aliphatic carbocycles. The Morgan fingerprint density at radius 3 is 2.54 bits per heavy atom. The van der Waals surface area contributed by atoms with Crippen molar-refractivity contribution in [1.82, 2.24) is 0 Å². The molecule has 1 heterocycles. The van der Waals surface area contributed by atoms with Gasteiger partial charge in [-0.25, -0.2) is 0 Å². The Kier molecular flexibility index (Phi) is 3.75. The fourth-order valence-corrected chi connectivity index (χ4v) is 7.09. The fourth-order valence-electron chi connectivity index (χ4n) is 5.13. The van der Waals surface area contributed by atoms with E-state index in [0.717, 1.165) is 11.4 Å². The number of hydrogen-bond acceptors (Lipinski definition) is 1. The number of halogens is 2. The van der Waals surface area contributed by atoms with Gasteiger partial charge >= 0.3 is 0 Å². The van der Waals surface area contributed by atoms with Crippen LogP contribution < -0.4 is 0 Å². The summed E-state index contributed by atoms with van der Waals surface area (Å²) in [5.41, 5.74) is 8.00. The Morgan fingerprint density at radius 2 is 1.64 bits per heavy atom. The molecule has 0 amide bonds. The first kappa shape index (κ1) is 17.1. The lowest BCUT2D eigenvalue weighted by atomic mass is 9.65. The molecule has 6 rings (SSSR count). The monoisotopic (exact) mass is 462 g/mol. The van der Waals surface area contributed by atoms with Crippen LogP contribution in [0.15, 0.2) is 94.2 Å². The maximum absolute atomic E-state index is 6.74. The van der Waals surface area contributed by atoms with Crippen molar-refractivity contribution in [3.8, 4) is 0 Å². The van der Waals surface area contributed by atoms with Crippen LogP contribution in [0.2, 0.25) is 5.02 Å². The Hall–Kier alpha value is -1.74. The zero-order valence-corrected chi connectivity index (χ0v) is 18.1. The molecule has 0 radical (unpaired) electrons. The minimum Gasteiger partial charge on any atom is -0.0878 e. The van der Waals surface area contributed by atoms with E-state index in [2.05, 4.69) is 88.7 Å². The van der Waals surface area contributed by atoms with Crippen molar-refractivity contribution in [1.29, 1.82) is 0 Å². The third-order valence-corrected chi connectivity index (χ3v) is 8.42. The first-order valence-electron chi connectivity index (χ1n) is 9.43. The second-order valence-corrected chi connectivity index (χ2v) is 10.1. The van der Waals surface area contributed by atoms with Gasteiger partial charge in [0.05, 0.1) is 10.4 Å². The molecule has 2 unspecified atom stereocenters. The maximum atomic E-state index is 6.74. The summed E-state index contributed by atoms with van der Waals surface area (Å²) >= 11 is 12.4. The van der Waals surface area contributed by atoms with E-state index < -0.39 is 0 Å². The summed E-state index contributed by atoms with van der Waals surface area (Å²) in [6, 6.07) is 24.1. The molecule has 0 bridgehead atoms. The highest BCUT2D eigenvalue weighted by atomic mass is 79.9. The van der Waals surface area contributed by atoms with E-state index in [-0.39, 0.29) is 5.41 Å². The molecule has 3 aromatic rings. The maximum Gasteiger partial charge on any atom is 0.0699 e. The van der Waals surface area contributed by atoms with Crippen molar-refractivity contribution in [3.63, 3.8) is 0 Å². The van der Waals surface area contributed by atoms with Crippen LogP contribution in [0, 0.1) is 0 Å². The number of allylic oxidation sites excluding steroid dienone is 4. The zero-order valence-electron chi connectivity index (χ0n) is 15.0. The number of fused-ring (bicyclic) bond motifs is 8. The van der Waals surface area contributed by atoms with Gasteiger partial charge in [-0.2, -0.15) is 0 Å². The molecule has 136 valence electrons. The van der Waals surface area contributed by atoms with Gasteiger partial charge in [-0.05, 0) is 52.0 Å². The zero-order chi connectivity index (χ0) is 18.9. The van der Waals surface area contributed by atoms with Crippen molar-refractivity contribution in [2.45, 2.75) is 26.5 Å². The molecule has 0 aromatic heterocycles. The first-order chi connectivity index (χ1) is 13.7. The van der Waals surface area contributed by atoms with Crippen molar-refractivity contribution < 1.29 is 0 Å². The fraction of sp³-hybridized carbons (Fsp3) is 0.120. The van der Waals surface area contributed by atoms with Gasteiger partial charge in [0.15, 0.2) is 0 Å². The minimum atomic E-state index is -0.273. The Balaban J connectivity index is 1.82. The highest BCUT2D eigenvalue weighted by Gasteiger charge is 2.51. The Morgan fingerprint density at radius 1 is 0.893 bits per heavy atom. The van der Waals surface area contributed by atoms with E-state index in [4.69, 9.17) is 11.6 Å². The van der Waals surface area contributed by atoms with Gasteiger partial charge in [0.1, 0.15) is 0 Å². The van der Waals surface area contributed by atoms with Gasteiger partial charge in [-0.1, -0.05) is 106 Å². The van der Waals surface area contributed by atoms with Gasteiger partial charge in [-0.15, -0.1) is 0 Å². The van der Waals surface area contributed by atoms with E-state index in [1.807, 2.05) is 6.07 Å². The largest absolute Gasteiger partial charge is 0.0878 e. The molecule has 0 nitrogen and oxygen atoms in total. The molecule has 0 N–H and O–H groups in total. The SMILES string of the molecule is Clc1cccc2c1Sc1ccccc1C21C2=C(C=CC(Br)C2)c2ccccc21. The topological polar surface area (TPSA) is 0 Å². The molecule has 3 aliphatic rings. The number of hydrogen-bond donors (Lipinski definition) is 0. The van der Waals surface area contributed by atoms with Crippen molar-refractivity contribution in [2.75, 3.05) is 0 Å². The van der Waals surface area contributed by atoms with E-state index >= 15 is 0 Å². The molecule has 28 heavy (non-hydrogen) atoms. The first-order valence-corrected chi connectivity index (χ1v) is 11.5. The van der Waals surface area contributed by atoms with Crippen molar-refractivity contribution in [3.05, 3.63) is 112 Å². The van der Waals surface area contributed by atoms with Gasteiger partial charge in [-0.3, -0.25) is 0 Å². The highest BCUT2D eigenvalue weighted by molar-refractivity contribution is 9.09. The predicted molar refractivity (Wildman–Crippen MR) is 122 cm³/mol. The quantitative estimate of drug-likeness (QED) is 0.309. The lowest BCUT2D eigenvalue weighted by Crippen LogP contribution is -2.34. The molecule has 0 saturated carbocycles. The lowest BCUT2D eigenvalue weighted by Gasteiger charge is -2.42. The van der Waals surface area contributed by atoms with Crippen LogP contribution in [0.3, 0.4) is 0 Å². The highest BCUT2D eigenvalue weighted by Crippen LogP contribution is 2.63. The normalized spacial score (nSPS) is 24.0. The predicted octanol–water partition coefficient (Wildman–Crippen LogP) is 7.63. The smallest absolute Gasteiger partial charge is 0.0699 e. The molecule has 0 fully saturated rings. The van der Waals surface area contributed by atoms with Gasteiger partial charge in [0.2, 0.25) is 0 Å². The van der Waals surface area contributed by atoms with Crippen LogP contribution in [-0.2, 0) is 5.41 Å². The average molecular weight is 464 g/mol. The average Bonchev–Trinajstić information content (AvgIpc) is 3.00. The standard InChI is InChI=1S/C25H16BrClS/c26-15-12-13-17-16-6-1-2-7-18(16)25(21(17)14-15)19-8-3-4-11-23(19)28-24-20(25)9-5-10-22(24)27/h1-13,15H,14H2. The van der Waals surface area contributed by atoms with Crippen LogP contribution in [0.4, 0.5) is 0 Å². The molecule has 2 atom stereocenters. The molecule has 1 aliphatic heterocycles. The third kappa shape index (κ3) is 2.09. The van der Waals surface area contributed by atoms with Crippen LogP contribution in [0.1, 0.15) is 28.7 Å². The lowest BCUT2D eigenvalue weighted by molar-refractivity contribution is 0.668. The van der Waals surface area contributed by atoms with Crippen molar-refractivity contribution >= 4 is 44.9 Å². The van der Waals surface area contributed by atoms with Gasteiger partial charge in [0.25, 0.3) is 0 Å². The minimum absolute atomic E-state index is 0.273. The summed E-state index contributed by atoms with van der Waals surface area (Å²) in [7, 11) is 0. The molecule has 1 spiro atoms. The molecule has 3 heteroatoms. The summed E-state index contributed by atoms with van der Waals surface area (Å²) in [4.78, 5) is 2.83. The van der Waals surface area contributed by atoms with Crippen LogP contribution in [0.5, 0.6) is 0 Å². The third-order valence-electron chi connectivity index (χ3n) is 6.14. The van der Waals surface area contributed by atoms with Crippen molar-refractivity contribution in [2.24, 2.45) is 0 Å². The number of benzene rings is 3. The molecular formula is C25H16BrClS. The summed E-state index contributed by atoms with van der Waals surface area (Å²) in [5.74, 6) is 0. The van der Waals surface area contributed by atoms with E-state index in [0.29, 0.717) is 4.83 Å². The number of rotatable bonds is 0. The summed E-state index contributed by atoms with van der Waals surface area (Å²) < 4.78 is 0. The molecular weight excluding hydrogens is 448 g/mol. The summed E-state index contributed by atoms with van der Waals surface area (Å²) in [5, 5.41) is 0.838. The van der Waals surface area contributed by atoms with E-state index in [9.17, 15) is 0 Å².